The Balaban J connectivity index is 2.24. The summed E-state index contributed by atoms with van der Waals surface area (Å²) in [5.74, 6) is 0. The van der Waals surface area contributed by atoms with Gasteiger partial charge in [-0.05, 0) is 13.0 Å². The molecule has 0 aliphatic carbocycles. The first-order valence-corrected chi connectivity index (χ1v) is 4.76. The zero-order valence-corrected chi connectivity index (χ0v) is 7.99. The lowest BCUT2D eigenvalue weighted by atomic mass is 9.99. The van der Waals surface area contributed by atoms with Crippen LogP contribution in [0.4, 0.5) is 5.69 Å². The smallest absolute Gasteiger partial charge is 0.0921 e. The van der Waals surface area contributed by atoms with Gasteiger partial charge in [-0.2, -0.15) is 0 Å². The van der Waals surface area contributed by atoms with Gasteiger partial charge in [-0.1, -0.05) is 24.3 Å². The van der Waals surface area contributed by atoms with Crippen molar-refractivity contribution in [3.63, 3.8) is 0 Å². The lowest BCUT2D eigenvalue weighted by Gasteiger charge is -2.08. The Labute approximate surface area is 82.7 Å². The first kappa shape index (κ1) is 7.68. The first-order chi connectivity index (χ1) is 6.86. The van der Waals surface area contributed by atoms with Gasteiger partial charge in [0.2, 0.25) is 0 Å². The number of dihydropyridines is 1. The molecule has 0 aromatic heterocycles. The van der Waals surface area contributed by atoms with E-state index < -0.39 is 0 Å². The molecule has 0 fully saturated rings. The number of aliphatic imine (C=N–C) groups is 2. The summed E-state index contributed by atoms with van der Waals surface area (Å²) in [6.07, 6.45) is 2.15. The standard InChI is InChI=1S/C12H10N2/c1-8-12-10(6-7-13-8)9-4-2-3-5-11(9)14-12/h2-6H,7H2,1H3. The minimum absolute atomic E-state index is 0.786. The summed E-state index contributed by atoms with van der Waals surface area (Å²) in [6.45, 7) is 2.81. The van der Waals surface area contributed by atoms with Crippen molar-refractivity contribution in [2.75, 3.05) is 6.54 Å². The van der Waals surface area contributed by atoms with Crippen LogP contribution in [0.25, 0.3) is 5.57 Å². The second-order valence-corrected chi connectivity index (χ2v) is 3.52. The van der Waals surface area contributed by atoms with E-state index in [1.165, 1.54) is 11.1 Å². The van der Waals surface area contributed by atoms with Crippen molar-refractivity contribution in [1.29, 1.82) is 0 Å². The summed E-state index contributed by atoms with van der Waals surface area (Å²) in [7, 11) is 0. The van der Waals surface area contributed by atoms with E-state index in [9.17, 15) is 0 Å². The third-order valence-electron chi connectivity index (χ3n) is 2.65. The molecule has 0 spiro atoms. The average Bonchev–Trinajstić information content (AvgIpc) is 2.59. The van der Waals surface area contributed by atoms with Gasteiger partial charge in [0.1, 0.15) is 0 Å². The van der Waals surface area contributed by atoms with E-state index in [0.29, 0.717) is 0 Å². The van der Waals surface area contributed by atoms with Gasteiger partial charge < -0.3 is 0 Å². The number of allylic oxidation sites excluding steroid dienone is 1. The molecule has 0 amide bonds. The summed E-state index contributed by atoms with van der Waals surface area (Å²) in [4.78, 5) is 8.94. The summed E-state index contributed by atoms with van der Waals surface area (Å²) in [5.41, 5.74) is 5.69. The van der Waals surface area contributed by atoms with E-state index in [1.807, 2.05) is 13.0 Å². The molecular formula is C12H10N2. The zero-order chi connectivity index (χ0) is 9.54. The van der Waals surface area contributed by atoms with Crippen LogP contribution in [-0.4, -0.2) is 18.0 Å². The van der Waals surface area contributed by atoms with Crippen LogP contribution in [0.1, 0.15) is 12.5 Å². The summed E-state index contributed by atoms with van der Waals surface area (Å²) in [6, 6.07) is 8.25. The Hall–Kier alpha value is -1.70. The fourth-order valence-electron chi connectivity index (χ4n) is 1.94. The predicted octanol–water partition coefficient (Wildman–Crippen LogP) is 2.63. The number of rotatable bonds is 0. The molecule has 2 heterocycles. The van der Waals surface area contributed by atoms with Crippen LogP contribution in [-0.2, 0) is 0 Å². The molecule has 0 N–H and O–H groups in total. The zero-order valence-electron chi connectivity index (χ0n) is 7.99. The molecule has 2 heteroatoms. The molecule has 0 saturated heterocycles. The molecule has 3 rings (SSSR count). The third-order valence-corrected chi connectivity index (χ3v) is 2.65. The SMILES string of the molecule is CC1=NCC=C2C1=Nc1ccccc12. The first-order valence-electron chi connectivity index (χ1n) is 4.76. The number of hydrogen-bond donors (Lipinski definition) is 0. The Morgan fingerprint density at radius 3 is 3.00 bits per heavy atom. The number of para-hydroxylation sites is 1. The van der Waals surface area contributed by atoms with Crippen molar-refractivity contribution < 1.29 is 0 Å². The number of nitrogens with zero attached hydrogens (tertiary/aromatic N) is 2. The second-order valence-electron chi connectivity index (χ2n) is 3.52. The van der Waals surface area contributed by atoms with Crippen LogP contribution in [0.5, 0.6) is 0 Å². The second kappa shape index (κ2) is 2.64. The molecule has 2 aliphatic heterocycles. The van der Waals surface area contributed by atoms with Gasteiger partial charge in [0, 0.05) is 11.1 Å². The highest BCUT2D eigenvalue weighted by Gasteiger charge is 2.23. The maximum Gasteiger partial charge on any atom is 0.0921 e. The van der Waals surface area contributed by atoms with Gasteiger partial charge in [0.25, 0.3) is 0 Å². The highest BCUT2D eigenvalue weighted by atomic mass is 14.9. The molecular weight excluding hydrogens is 172 g/mol. The molecule has 14 heavy (non-hydrogen) atoms. The molecule has 1 aromatic rings. The molecule has 2 nitrogen and oxygen atoms in total. The quantitative estimate of drug-likeness (QED) is 0.589. The summed E-state index contributed by atoms with van der Waals surface area (Å²) < 4.78 is 0. The van der Waals surface area contributed by atoms with Crippen molar-refractivity contribution in [3.8, 4) is 0 Å². The summed E-state index contributed by atoms with van der Waals surface area (Å²) >= 11 is 0. The molecule has 0 unspecified atom stereocenters. The van der Waals surface area contributed by atoms with Gasteiger partial charge in [-0.25, -0.2) is 4.99 Å². The maximum absolute atomic E-state index is 4.57. The Morgan fingerprint density at radius 2 is 2.07 bits per heavy atom. The minimum atomic E-state index is 0.786. The number of benzene rings is 1. The molecule has 0 radical (unpaired) electrons. The van der Waals surface area contributed by atoms with E-state index in [-0.39, 0.29) is 0 Å². The Bertz CT molecular complexity index is 493. The molecule has 0 atom stereocenters. The molecule has 1 aromatic carbocycles. The third kappa shape index (κ3) is 0.909. The molecule has 2 aliphatic rings. The van der Waals surface area contributed by atoms with E-state index in [1.54, 1.807) is 0 Å². The fraction of sp³-hybridized carbons (Fsp3) is 0.167. The normalized spacial score (nSPS) is 17.9. The monoisotopic (exact) mass is 182 g/mol. The lowest BCUT2D eigenvalue weighted by molar-refractivity contribution is 1.24. The van der Waals surface area contributed by atoms with Crippen LogP contribution < -0.4 is 0 Å². The van der Waals surface area contributed by atoms with Gasteiger partial charge in [0.15, 0.2) is 0 Å². The fourth-order valence-corrected chi connectivity index (χ4v) is 1.94. The van der Waals surface area contributed by atoms with Gasteiger partial charge in [0.05, 0.1) is 23.7 Å². The van der Waals surface area contributed by atoms with Gasteiger partial charge in [-0.15, -0.1) is 0 Å². The van der Waals surface area contributed by atoms with Crippen LogP contribution in [0.15, 0.2) is 40.3 Å². The highest BCUT2D eigenvalue weighted by molar-refractivity contribution is 6.60. The van der Waals surface area contributed by atoms with Crippen molar-refractivity contribution in [3.05, 3.63) is 35.9 Å². The largest absolute Gasteiger partial charge is 0.284 e. The Morgan fingerprint density at radius 1 is 1.21 bits per heavy atom. The van der Waals surface area contributed by atoms with Crippen molar-refractivity contribution in [2.45, 2.75) is 6.92 Å². The topological polar surface area (TPSA) is 24.7 Å². The minimum Gasteiger partial charge on any atom is -0.284 e. The van der Waals surface area contributed by atoms with Gasteiger partial charge in [-0.3, -0.25) is 4.99 Å². The van der Waals surface area contributed by atoms with E-state index in [0.717, 1.165) is 23.7 Å². The van der Waals surface area contributed by atoms with Crippen molar-refractivity contribution in [1.82, 2.24) is 0 Å². The highest BCUT2D eigenvalue weighted by Crippen LogP contribution is 2.35. The molecule has 68 valence electrons. The van der Waals surface area contributed by atoms with E-state index in [4.69, 9.17) is 0 Å². The summed E-state index contributed by atoms with van der Waals surface area (Å²) in [5, 5.41) is 0. The number of fused-ring (bicyclic) bond motifs is 3. The van der Waals surface area contributed by atoms with Crippen LogP contribution in [0.2, 0.25) is 0 Å². The van der Waals surface area contributed by atoms with Gasteiger partial charge >= 0.3 is 0 Å². The van der Waals surface area contributed by atoms with Crippen molar-refractivity contribution in [2.24, 2.45) is 9.98 Å². The predicted molar refractivity (Wildman–Crippen MR) is 59.5 cm³/mol. The molecule has 0 saturated carbocycles. The number of hydrogen-bond acceptors (Lipinski definition) is 2. The van der Waals surface area contributed by atoms with Crippen LogP contribution >= 0.6 is 0 Å². The van der Waals surface area contributed by atoms with Crippen molar-refractivity contribution >= 4 is 22.7 Å². The maximum atomic E-state index is 4.57. The average molecular weight is 182 g/mol. The Kier molecular flexibility index (Phi) is 1.45. The van der Waals surface area contributed by atoms with E-state index in [2.05, 4.69) is 34.3 Å². The lowest BCUT2D eigenvalue weighted by Crippen LogP contribution is -2.13. The van der Waals surface area contributed by atoms with Crippen LogP contribution in [0, 0.1) is 0 Å². The van der Waals surface area contributed by atoms with E-state index >= 15 is 0 Å². The molecule has 0 bridgehead atoms. The van der Waals surface area contributed by atoms with Crippen LogP contribution in [0.3, 0.4) is 0 Å².